The van der Waals surface area contributed by atoms with Crippen LogP contribution < -0.4 is 4.90 Å². The zero-order chi connectivity index (χ0) is 16.1. The highest BCUT2D eigenvalue weighted by molar-refractivity contribution is 5.44. The molecular formula is C20H33N3. The largest absolute Gasteiger partial charge is 0.357 e. The summed E-state index contributed by atoms with van der Waals surface area (Å²) in [4.78, 5) is 10.0. The van der Waals surface area contributed by atoms with Gasteiger partial charge in [0.05, 0.1) is 0 Å². The van der Waals surface area contributed by atoms with Crippen LogP contribution in [0.15, 0.2) is 12.3 Å². The Morgan fingerprint density at radius 3 is 2.61 bits per heavy atom. The average Bonchev–Trinajstić information content (AvgIpc) is 2.61. The summed E-state index contributed by atoms with van der Waals surface area (Å²) in [5.74, 6) is 1.20. The predicted octanol–water partition coefficient (Wildman–Crippen LogP) is 4.71. The number of aryl methyl sites for hydroxylation is 1. The molecule has 0 saturated carbocycles. The number of anilines is 1. The molecule has 3 nitrogen and oxygen atoms in total. The van der Waals surface area contributed by atoms with E-state index in [2.05, 4.69) is 35.9 Å². The molecule has 0 amide bonds. The first-order valence-corrected chi connectivity index (χ1v) is 9.75. The third-order valence-electron chi connectivity index (χ3n) is 5.59. The van der Waals surface area contributed by atoms with Crippen molar-refractivity contribution in [1.29, 1.82) is 0 Å². The molecule has 1 aromatic rings. The van der Waals surface area contributed by atoms with Crippen LogP contribution in [0.4, 0.5) is 5.82 Å². The van der Waals surface area contributed by atoms with Crippen molar-refractivity contribution >= 4 is 5.82 Å². The van der Waals surface area contributed by atoms with Crippen molar-refractivity contribution in [2.24, 2.45) is 0 Å². The summed E-state index contributed by atoms with van der Waals surface area (Å²) in [6.45, 7) is 9.44. The molecule has 23 heavy (non-hydrogen) atoms. The van der Waals surface area contributed by atoms with Crippen LogP contribution in [-0.2, 0) is 0 Å². The summed E-state index contributed by atoms with van der Waals surface area (Å²) >= 11 is 0. The summed E-state index contributed by atoms with van der Waals surface area (Å²) < 4.78 is 0. The summed E-state index contributed by atoms with van der Waals surface area (Å²) in [6, 6.07) is 2.94. The Morgan fingerprint density at radius 2 is 1.87 bits per heavy atom. The number of aromatic nitrogens is 1. The van der Waals surface area contributed by atoms with E-state index in [0.717, 1.165) is 0 Å². The van der Waals surface area contributed by atoms with E-state index in [-0.39, 0.29) is 0 Å². The van der Waals surface area contributed by atoms with Gasteiger partial charge in [-0.05, 0) is 75.7 Å². The lowest BCUT2D eigenvalue weighted by molar-refractivity contribution is 0.146. The Morgan fingerprint density at radius 1 is 1.09 bits per heavy atom. The average molecular weight is 316 g/mol. The van der Waals surface area contributed by atoms with E-state index in [4.69, 9.17) is 4.98 Å². The summed E-state index contributed by atoms with van der Waals surface area (Å²) in [5, 5.41) is 0. The van der Waals surface area contributed by atoms with E-state index < -0.39 is 0 Å². The molecule has 3 heteroatoms. The van der Waals surface area contributed by atoms with E-state index in [0.29, 0.717) is 6.04 Å². The van der Waals surface area contributed by atoms with Gasteiger partial charge in [0.25, 0.3) is 0 Å². The number of unbranched alkanes of at least 4 members (excludes halogenated alkanes) is 1. The third kappa shape index (κ3) is 4.06. The number of nitrogens with zero attached hydrogens (tertiary/aromatic N) is 3. The van der Waals surface area contributed by atoms with Crippen LogP contribution in [0.5, 0.6) is 0 Å². The smallest absolute Gasteiger partial charge is 0.128 e. The van der Waals surface area contributed by atoms with E-state index in [1.54, 1.807) is 0 Å². The van der Waals surface area contributed by atoms with Gasteiger partial charge in [0, 0.05) is 25.3 Å². The number of likely N-dealkylation sites (tertiary alicyclic amines) is 1. The summed E-state index contributed by atoms with van der Waals surface area (Å²) in [6.07, 6.45) is 12.8. The van der Waals surface area contributed by atoms with Crippen LogP contribution in [-0.4, -0.2) is 36.1 Å². The molecule has 0 bridgehead atoms. The molecule has 2 aliphatic rings. The second-order valence-electron chi connectivity index (χ2n) is 7.35. The third-order valence-corrected chi connectivity index (χ3v) is 5.59. The molecule has 0 aliphatic carbocycles. The monoisotopic (exact) mass is 315 g/mol. The Bertz CT molecular complexity index is 494. The topological polar surface area (TPSA) is 19.4 Å². The van der Waals surface area contributed by atoms with E-state index >= 15 is 0 Å². The first kappa shape index (κ1) is 16.8. The van der Waals surface area contributed by atoms with E-state index in [1.807, 2.05) is 0 Å². The zero-order valence-electron chi connectivity index (χ0n) is 15.1. The molecule has 1 unspecified atom stereocenters. The SMILES string of the molecule is CCCCN1CCCCC1c1cnc(N2CCCCC2)cc1C. The molecule has 0 spiro atoms. The van der Waals surface area contributed by atoms with Crippen molar-refractivity contribution in [2.75, 3.05) is 31.1 Å². The molecule has 1 atom stereocenters. The summed E-state index contributed by atoms with van der Waals surface area (Å²) in [7, 11) is 0. The first-order valence-electron chi connectivity index (χ1n) is 9.75. The van der Waals surface area contributed by atoms with Gasteiger partial charge < -0.3 is 4.90 Å². The van der Waals surface area contributed by atoms with Crippen LogP contribution in [0.1, 0.15) is 75.5 Å². The predicted molar refractivity (Wildman–Crippen MR) is 98.1 cm³/mol. The van der Waals surface area contributed by atoms with Gasteiger partial charge >= 0.3 is 0 Å². The van der Waals surface area contributed by atoms with Crippen molar-refractivity contribution in [3.05, 3.63) is 23.4 Å². The summed E-state index contributed by atoms with van der Waals surface area (Å²) in [5.41, 5.74) is 2.91. The molecule has 128 valence electrons. The van der Waals surface area contributed by atoms with E-state index in [9.17, 15) is 0 Å². The highest BCUT2D eigenvalue weighted by Crippen LogP contribution is 2.33. The van der Waals surface area contributed by atoms with Gasteiger partial charge in [-0.25, -0.2) is 4.98 Å². The van der Waals surface area contributed by atoms with Crippen molar-refractivity contribution < 1.29 is 0 Å². The van der Waals surface area contributed by atoms with Crippen LogP contribution in [0, 0.1) is 6.92 Å². The quantitative estimate of drug-likeness (QED) is 0.784. The van der Waals surface area contributed by atoms with Crippen LogP contribution in [0.3, 0.4) is 0 Å². The Kier molecular flexibility index (Phi) is 5.93. The molecule has 2 fully saturated rings. The van der Waals surface area contributed by atoms with Gasteiger partial charge in [0.1, 0.15) is 5.82 Å². The minimum atomic E-state index is 0.596. The molecule has 3 heterocycles. The standard InChI is InChI=1S/C20H33N3/c1-3-4-11-22-12-9-6-10-19(22)18-16-21-20(15-17(18)2)23-13-7-5-8-14-23/h15-16,19H,3-14H2,1-2H3. The van der Waals surface area contributed by atoms with Crippen LogP contribution in [0.2, 0.25) is 0 Å². The Labute approximate surface area is 142 Å². The molecular weight excluding hydrogens is 282 g/mol. The minimum absolute atomic E-state index is 0.596. The van der Waals surface area contributed by atoms with Gasteiger partial charge in [0.2, 0.25) is 0 Å². The molecule has 3 rings (SSSR count). The normalized spacial score (nSPS) is 23.2. The highest BCUT2D eigenvalue weighted by atomic mass is 15.2. The number of hydrogen-bond acceptors (Lipinski definition) is 3. The molecule has 2 saturated heterocycles. The van der Waals surface area contributed by atoms with Gasteiger partial charge in [0.15, 0.2) is 0 Å². The van der Waals surface area contributed by atoms with Gasteiger partial charge in [-0.3, -0.25) is 4.90 Å². The zero-order valence-corrected chi connectivity index (χ0v) is 15.1. The lowest BCUT2D eigenvalue weighted by atomic mass is 9.93. The highest BCUT2D eigenvalue weighted by Gasteiger charge is 2.25. The van der Waals surface area contributed by atoms with Crippen molar-refractivity contribution in [3.8, 4) is 0 Å². The number of pyridine rings is 1. The first-order chi connectivity index (χ1) is 11.3. The van der Waals surface area contributed by atoms with Crippen molar-refractivity contribution in [1.82, 2.24) is 9.88 Å². The maximum absolute atomic E-state index is 4.85. The van der Waals surface area contributed by atoms with Crippen molar-refractivity contribution in [2.45, 2.75) is 71.3 Å². The number of piperidine rings is 2. The van der Waals surface area contributed by atoms with Crippen LogP contribution >= 0.6 is 0 Å². The van der Waals surface area contributed by atoms with Gasteiger partial charge in [-0.2, -0.15) is 0 Å². The Hall–Kier alpha value is -1.09. The van der Waals surface area contributed by atoms with Crippen LogP contribution in [0.25, 0.3) is 0 Å². The van der Waals surface area contributed by atoms with E-state index in [1.165, 1.54) is 94.5 Å². The van der Waals surface area contributed by atoms with Gasteiger partial charge in [-0.15, -0.1) is 0 Å². The molecule has 0 radical (unpaired) electrons. The number of rotatable bonds is 5. The molecule has 2 aliphatic heterocycles. The van der Waals surface area contributed by atoms with Gasteiger partial charge in [-0.1, -0.05) is 19.8 Å². The lowest BCUT2D eigenvalue weighted by Crippen LogP contribution is -2.35. The maximum Gasteiger partial charge on any atom is 0.128 e. The second kappa shape index (κ2) is 8.14. The fourth-order valence-electron chi connectivity index (χ4n) is 4.17. The minimum Gasteiger partial charge on any atom is -0.357 e. The molecule has 0 aromatic carbocycles. The fourth-order valence-corrected chi connectivity index (χ4v) is 4.17. The Balaban J connectivity index is 1.75. The fraction of sp³-hybridized carbons (Fsp3) is 0.750. The molecule has 0 N–H and O–H groups in total. The lowest BCUT2D eigenvalue weighted by Gasteiger charge is -2.37. The maximum atomic E-state index is 4.85. The van der Waals surface area contributed by atoms with Crippen molar-refractivity contribution in [3.63, 3.8) is 0 Å². The molecule has 1 aromatic heterocycles. The number of hydrogen-bond donors (Lipinski definition) is 0. The second-order valence-corrected chi connectivity index (χ2v) is 7.35.